The zero-order valence-electron chi connectivity index (χ0n) is 18.2. The molecule has 3 aliphatic heterocycles. The number of aryl methyl sites for hydroxylation is 1. The third-order valence-electron chi connectivity index (χ3n) is 6.81. The summed E-state index contributed by atoms with van der Waals surface area (Å²) >= 11 is 0. The zero-order valence-corrected chi connectivity index (χ0v) is 18.2. The summed E-state index contributed by atoms with van der Waals surface area (Å²) in [4.78, 5) is 42.3. The van der Waals surface area contributed by atoms with Crippen molar-refractivity contribution in [1.82, 2.24) is 15.1 Å². The van der Waals surface area contributed by atoms with Crippen LogP contribution < -0.4 is 10.6 Å². The van der Waals surface area contributed by atoms with E-state index in [-0.39, 0.29) is 17.7 Å². The molecule has 3 atom stereocenters. The Morgan fingerprint density at radius 1 is 1.20 bits per heavy atom. The summed E-state index contributed by atoms with van der Waals surface area (Å²) in [5.41, 5.74) is 1.85. The van der Waals surface area contributed by atoms with Gasteiger partial charge in [0.15, 0.2) is 0 Å². The summed E-state index contributed by atoms with van der Waals surface area (Å²) in [6.45, 7) is 7.97. The molecule has 162 valence electrons. The van der Waals surface area contributed by atoms with Crippen LogP contribution in [0.2, 0.25) is 0 Å². The monoisotopic (exact) mass is 412 g/mol. The predicted molar refractivity (Wildman–Crippen MR) is 115 cm³/mol. The number of benzene rings is 1. The van der Waals surface area contributed by atoms with Gasteiger partial charge in [0.05, 0.1) is 5.56 Å². The van der Waals surface area contributed by atoms with E-state index in [1.807, 2.05) is 36.9 Å². The van der Waals surface area contributed by atoms with Crippen molar-refractivity contribution in [3.05, 3.63) is 29.3 Å². The van der Waals surface area contributed by atoms with E-state index in [9.17, 15) is 14.4 Å². The average molecular weight is 413 g/mol. The first-order valence-electron chi connectivity index (χ1n) is 11.1. The Kier molecular flexibility index (Phi) is 5.47. The van der Waals surface area contributed by atoms with Gasteiger partial charge in [-0.2, -0.15) is 0 Å². The molecule has 0 aromatic heterocycles. The van der Waals surface area contributed by atoms with Crippen molar-refractivity contribution in [3.63, 3.8) is 0 Å². The molecular weight excluding hydrogens is 380 g/mol. The number of carbonyl (C=O) groups is 3. The van der Waals surface area contributed by atoms with Gasteiger partial charge in [0.1, 0.15) is 11.7 Å². The molecule has 0 aliphatic carbocycles. The number of carbonyl (C=O) groups excluding carboxylic acids is 3. The summed E-state index contributed by atoms with van der Waals surface area (Å²) < 4.78 is 0. The second-order valence-electron chi connectivity index (χ2n) is 9.26. The lowest BCUT2D eigenvalue weighted by molar-refractivity contribution is -0.145. The number of amides is 3. The Morgan fingerprint density at radius 2 is 2.00 bits per heavy atom. The molecule has 1 aromatic carbocycles. The summed E-state index contributed by atoms with van der Waals surface area (Å²) in [5, 5.41) is 6.60. The van der Waals surface area contributed by atoms with Gasteiger partial charge >= 0.3 is 0 Å². The molecule has 1 spiro atoms. The molecule has 4 rings (SSSR count). The molecule has 7 heteroatoms. The van der Waals surface area contributed by atoms with Crippen LogP contribution in [-0.2, 0) is 9.59 Å². The summed E-state index contributed by atoms with van der Waals surface area (Å²) in [5.74, 6) is 0.399. The van der Waals surface area contributed by atoms with E-state index in [2.05, 4.69) is 17.6 Å². The van der Waals surface area contributed by atoms with Crippen molar-refractivity contribution in [2.24, 2.45) is 5.92 Å². The van der Waals surface area contributed by atoms with Crippen molar-refractivity contribution in [3.8, 4) is 0 Å². The number of nitrogens with one attached hydrogen (secondary N) is 2. The zero-order chi connectivity index (χ0) is 21.5. The number of piperidine rings is 1. The molecule has 3 aliphatic rings. The van der Waals surface area contributed by atoms with E-state index in [0.29, 0.717) is 37.3 Å². The summed E-state index contributed by atoms with van der Waals surface area (Å²) in [7, 11) is 0. The summed E-state index contributed by atoms with van der Waals surface area (Å²) in [6.07, 6.45) is 3.53. The van der Waals surface area contributed by atoms with Crippen LogP contribution >= 0.6 is 0 Å². The lowest BCUT2D eigenvalue weighted by Gasteiger charge is -2.40. The highest BCUT2D eigenvalue weighted by Crippen LogP contribution is 2.33. The van der Waals surface area contributed by atoms with Gasteiger partial charge in [-0.1, -0.05) is 13.0 Å². The minimum absolute atomic E-state index is 0.0242. The van der Waals surface area contributed by atoms with Crippen LogP contribution in [0, 0.1) is 12.8 Å². The maximum absolute atomic E-state index is 13.1. The van der Waals surface area contributed by atoms with E-state index in [4.69, 9.17) is 0 Å². The Bertz CT molecular complexity index is 870. The van der Waals surface area contributed by atoms with Gasteiger partial charge in [0.25, 0.3) is 5.91 Å². The third-order valence-corrected chi connectivity index (χ3v) is 6.81. The van der Waals surface area contributed by atoms with Crippen molar-refractivity contribution >= 4 is 23.4 Å². The Hall–Kier alpha value is -2.57. The molecule has 0 saturated carbocycles. The number of hydrogen-bond donors (Lipinski definition) is 2. The molecule has 1 aromatic rings. The molecule has 30 heavy (non-hydrogen) atoms. The molecule has 0 radical (unpaired) electrons. The van der Waals surface area contributed by atoms with Crippen molar-refractivity contribution in [2.75, 3.05) is 25.0 Å². The van der Waals surface area contributed by atoms with E-state index >= 15 is 0 Å². The fourth-order valence-electron chi connectivity index (χ4n) is 5.00. The fraction of sp³-hybridized carbons (Fsp3) is 0.609. The van der Waals surface area contributed by atoms with Crippen molar-refractivity contribution in [2.45, 2.75) is 64.6 Å². The number of fused-ring (bicyclic) bond motifs is 1. The molecule has 2 N–H and O–H groups in total. The van der Waals surface area contributed by atoms with Gasteiger partial charge in [-0.25, -0.2) is 0 Å². The molecule has 0 bridgehead atoms. The SMILES string of the molecule is Cc1ccc2c(c1)N[C@@]1(CCC(=O)N([C@@H](C)C(=O)N3CCC[C@H](C)C3)CC1)NC2=O. The maximum atomic E-state index is 13.1. The Labute approximate surface area is 178 Å². The van der Waals surface area contributed by atoms with Crippen molar-refractivity contribution < 1.29 is 14.4 Å². The van der Waals surface area contributed by atoms with Crippen LogP contribution in [0.25, 0.3) is 0 Å². The third kappa shape index (κ3) is 3.89. The molecule has 2 fully saturated rings. The van der Waals surface area contributed by atoms with Crippen molar-refractivity contribution in [1.29, 1.82) is 0 Å². The predicted octanol–water partition coefficient (Wildman–Crippen LogP) is 2.51. The van der Waals surface area contributed by atoms with Crippen LogP contribution in [-0.4, -0.2) is 58.9 Å². The molecule has 0 unspecified atom stereocenters. The second kappa shape index (κ2) is 7.93. The average Bonchev–Trinajstić information content (AvgIpc) is 2.86. The minimum Gasteiger partial charge on any atom is -0.362 e. The highest BCUT2D eigenvalue weighted by molar-refractivity contribution is 6.02. The first-order valence-corrected chi connectivity index (χ1v) is 11.1. The largest absolute Gasteiger partial charge is 0.362 e. The van der Waals surface area contributed by atoms with Gasteiger partial charge in [-0.3, -0.25) is 14.4 Å². The number of rotatable bonds is 2. The minimum atomic E-state index is -0.662. The van der Waals surface area contributed by atoms with Crippen LogP contribution in [0.5, 0.6) is 0 Å². The number of anilines is 1. The van der Waals surface area contributed by atoms with E-state index in [1.165, 1.54) is 0 Å². The van der Waals surface area contributed by atoms with E-state index in [1.54, 1.807) is 4.90 Å². The Morgan fingerprint density at radius 3 is 2.77 bits per heavy atom. The van der Waals surface area contributed by atoms with Crippen LogP contribution in [0.4, 0.5) is 5.69 Å². The van der Waals surface area contributed by atoms with Gasteiger partial charge in [0, 0.05) is 38.2 Å². The van der Waals surface area contributed by atoms with Gasteiger partial charge < -0.3 is 20.4 Å². The lowest BCUT2D eigenvalue weighted by atomic mass is 9.94. The van der Waals surface area contributed by atoms with Crippen LogP contribution in [0.3, 0.4) is 0 Å². The molecular formula is C23H32N4O3. The fourth-order valence-corrected chi connectivity index (χ4v) is 5.00. The quantitative estimate of drug-likeness (QED) is 0.782. The first kappa shape index (κ1) is 20.7. The number of nitrogens with zero attached hydrogens (tertiary/aromatic N) is 2. The van der Waals surface area contributed by atoms with Crippen LogP contribution in [0.15, 0.2) is 18.2 Å². The van der Waals surface area contributed by atoms with Crippen LogP contribution in [0.1, 0.15) is 61.9 Å². The Balaban J connectivity index is 1.49. The van der Waals surface area contributed by atoms with Gasteiger partial charge in [-0.05, 0) is 56.7 Å². The molecule has 2 saturated heterocycles. The topological polar surface area (TPSA) is 81.8 Å². The molecule has 3 amide bonds. The van der Waals surface area contributed by atoms with E-state index < -0.39 is 11.7 Å². The second-order valence-corrected chi connectivity index (χ2v) is 9.26. The normalized spacial score (nSPS) is 27.8. The van der Waals surface area contributed by atoms with E-state index in [0.717, 1.165) is 37.2 Å². The number of likely N-dealkylation sites (tertiary alicyclic amines) is 2. The number of hydrogen-bond acceptors (Lipinski definition) is 4. The standard InChI is InChI=1S/C23H32N4O3/c1-15-6-7-18-19(13-15)24-23(25-21(18)29)9-8-20(28)27(12-10-23)17(3)22(30)26-11-4-5-16(2)14-26/h6-7,13,16-17,24H,4-5,8-12,14H2,1-3H3,(H,25,29)/t16-,17-,23-/m0/s1. The highest BCUT2D eigenvalue weighted by atomic mass is 16.2. The van der Waals surface area contributed by atoms with Gasteiger partial charge in [-0.15, -0.1) is 0 Å². The maximum Gasteiger partial charge on any atom is 0.255 e. The highest BCUT2D eigenvalue weighted by Gasteiger charge is 2.42. The smallest absolute Gasteiger partial charge is 0.255 e. The first-order chi connectivity index (χ1) is 14.3. The van der Waals surface area contributed by atoms with Gasteiger partial charge in [0.2, 0.25) is 11.8 Å². The lowest BCUT2D eigenvalue weighted by Crippen LogP contribution is -2.58. The summed E-state index contributed by atoms with van der Waals surface area (Å²) in [6, 6.07) is 5.25. The molecule has 7 nitrogen and oxygen atoms in total. The molecule has 3 heterocycles.